The van der Waals surface area contributed by atoms with Crippen molar-refractivity contribution in [2.24, 2.45) is 7.05 Å². The van der Waals surface area contributed by atoms with E-state index in [2.05, 4.69) is 27.9 Å². The maximum Gasteiger partial charge on any atom is 0.419 e. The van der Waals surface area contributed by atoms with E-state index in [0.717, 1.165) is 23.9 Å². The van der Waals surface area contributed by atoms with Gasteiger partial charge >= 0.3 is 5.76 Å². The van der Waals surface area contributed by atoms with Crippen LogP contribution in [-0.4, -0.2) is 28.5 Å². The van der Waals surface area contributed by atoms with Gasteiger partial charge in [-0.3, -0.25) is 9.47 Å². The Labute approximate surface area is 108 Å². The third-order valence-corrected chi connectivity index (χ3v) is 3.70. The first kappa shape index (κ1) is 12.4. The lowest BCUT2D eigenvalue weighted by molar-refractivity contribution is 0.401. The zero-order valence-corrected chi connectivity index (χ0v) is 11.5. The number of alkyl halides is 1. The van der Waals surface area contributed by atoms with E-state index in [4.69, 9.17) is 4.42 Å². The van der Waals surface area contributed by atoms with Gasteiger partial charge in [0.15, 0.2) is 5.58 Å². The van der Waals surface area contributed by atoms with E-state index in [1.807, 2.05) is 18.2 Å². The first-order valence-corrected chi connectivity index (χ1v) is 6.57. The summed E-state index contributed by atoms with van der Waals surface area (Å²) in [6, 6.07) is 5.92. The van der Waals surface area contributed by atoms with Gasteiger partial charge in [-0.2, -0.15) is 0 Å². The molecule has 0 spiro atoms. The minimum atomic E-state index is -0.310. The molecule has 0 amide bonds. The number of rotatable bonds is 4. The molecule has 0 fully saturated rings. The van der Waals surface area contributed by atoms with E-state index in [1.54, 1.807) is 7.05 Å². The van der Waals surface area contributed by atoms with Crippen molar-refractivity contribution in [1.29, 1.82) is 0 Å². The minimum Gasteiger partial charge on any atom is -0.408 e. The van der Waals surface area contributed by atoms with E-state index in [0.29, 0.717) is 5.58 Å². The molecule has 0 bridgehead atoms. The van der Waals surface area contributed by atoms with Crippen molar-refractivity contribution < 1.29 is 4.42 Å². The van der Waals surface area contributed by atoms with Crippen LogP contribution in [0.5, 0.6) is 0 Å². The van der Waals surface area contributed by atoms with E-state index < -0.39 is 0 Å². The van der Waals surface area contributed by atoms with Gasteiger partial charge in [0.05, 0.1) is 11.0 Å². The van der Waals surface area contributed by atoms with Crippen molar-refractivity contribution in [1.82, 2.24) is 9.47 Å². The summed E-state index contributed by atoms with van der Waals surface area (Å²) in [5.74, 6) is -0.310. The zero-order valence-electron chi connectivity index (χ0n) is 9.94. The van der Waals surface area contributed by atoms with Crippen molar-refractivity contribution in [2.45, 2.75) is 6.42 Å². The van der Waals surface area contributed by atoms with Crippen molar-refractivity contribution in [2.75, 3.05) is 19.0 Å². The van der Waals surface area contributed by atoms with Gasteiger partial charge in [0.25, 0.3) is 0 Å². The van der Waals surface area contributed by atoms with Gasteiger partial charge in [-0.25, -0.2) is 4.79 Å². The molecule has 92 valence electrons. The molecule has 1 aromatic heterocycles. The average Bonchev–Trinajstić information content (AvgIpc) is 2.62. The maximum absolute atomic E-state index is 11.3. The predicted octanol–water partition coefficient (Wildman–Crippen LogP) is 1.96. The molecule has 0 atom stereocenters. The Kier molecular flexibility index (Phi) is 3.69. The first-order valence-electron chi connectivity index (χ1n) is 5.45. The lowest BCUT2D eigenvalue weighted by Crippen LogP contribution is -2.18. The normalized spacial score (nSPS) is 11.5. The zero-order chi connectivity index (χ0) is 12.4. The summed E-state index contributed by atoms with van der Waals surface area (Å²) in [5, 5.41) is 0. The molecular weight excluding hydrogens is 284 g/mol. The largest absolute Gasteiger partial charge is 0.419 e. The highest BCUT2D eigenvalue weighted by Crippen LogP contribution is 2.14. The summed E-state index contributed by atoms with van der Waals surface area (Å²) >= 11 is 3.40. The second kappa shape index (κ2) is 5.06. The molecule has 0 N–H and O–H groups in total. The average molecular weight is 299 g/mol. The van der Waals surface area contributed by atoms with Crippen LogP contribution in [0.15, 0.2) is 27.4 Å². The van der Waals surface area contributed by atoms with E-state index in [1.165, 1.54) is 10.1 Å². The van der Waals surface area contributed by atoms with Crippen LogP contribution in [0.2, 0.25) is 0 Å². The molecular formula is C12H15BrN2O2. The van der Waals surface area contributed by atoms with Crippen LogP contribution < -0.4 is 5.76 Å². The smallest absolute Gasteiger partial charge is 0.408 e. The Bertz CT molecular complexity index is 573. The Morgan fingerprint density at radius 2 is 2.24 bits per heavy atom. The minimum absolute atomic E-state index is 0.310. The lowest BCUT2D eigenvalue weighted by atomic mass is 10.1. The van der Waals surface area contributed by atoms with Crippen LogP contribution >= 0.6 is 15.9 Å². The van der Waals surface area contributed by atoms with Gasteiger partial charge < -0.3 is 4.42 Å². The number of aromatic nitrogens is 1. The Balaban J connectivity index is 2.23. The molecule has 0 saturated heterocycles. The van der Waals surface area contributed by atoms with E-state index in [9.17, 15) is 4.79 Å². The van der Waals surface area contributed by atoms with Gasteiger partial charge in [-0.05, 0) is 31.2 Å². The van der Waals surface area contributed by atoms with Crippen LogP contribution in [-0.2, 0) is 13.5 Å². The van der Waals surface area contributed by atoms with E-state index >= 15 is 0 Å². The highest BCUT2D eigenvalue weighted by molar-refractivity contribution is 9.09. The molecule has 4 nitrogen and oxygen atoms in total. The highest BCUT2D eigenvalue weighted by atomic mass is 79.9. The van der Waals surface area contributed by atoms with Crippen LogP contribution in [0.3, 0.4) is 0 Å². The number of halogens is 1. The summed E-state index contributed by atoms with van der Waals surface area (Å²) in [7, 11) is 3.77. The van der Waals surface area contributed by atoms with Crippen molar-refractivity contribution in [3.63, 3.8) is 0 Å². The standard InChI is InChI=1S/C12H15BrN2O2/c1-14(8-13)6-5-9-3-4-10-11(7-9)17-12(16)15(10)2/h3-4,7H,5-6,8H2,1-2H3. The van der Waals surface area contributed by atoms with Crippen LogP contribution in [0.4, 0.5) is 0 Å². The summed E-state index contributed by atoms with van der Waals surface area (Å²) in [6.45, 7) is 0.966. The van der Waals surface area contributed by atoms with Gasteiger partial charge in [0, 0.05) is 13.6 Å². The second-order valence-electron chi connectivity index (χ2n) is 4.18. The van der Waals surface area contributed by atoms with Gasteiger partial charge in [0.2, 0.25) is 0 Å². The monoisotopic (exact) mass is 298 g/mol. The third kappa shape index (κ3) is 2.61. The fourth-order valence-corrected chi connectivity index (χ4v) is 1.96. The molecule has 0 saturated carbocycles. The molecule has 2 rings (SSSR count). The molecule has 0 aliphatic carbocycles. The van der Waals surface area contributed by atoms with Crippen molar-refractivity contribution >= 4 is 27.0 Å². The lowest BCUT2D eigenvalue weighted by Gasteiger charge is -2.12. The van der Waals surface area contributed by atoms with Crippen molar-refractivity contribution in [3.8, 4) is 0 Å². The summed E-state index contributed by atoms with van der Waals surface area (Å²) in [4.78, 5) is 13.5. The number of aryl methyl sites for hydroxylation is 1. The molecule has 1 heterocycles. The predicted molar refractivity (Wildman–Crippen MR) is 71.6 cm³/mol. The van der Waals surface area contributed by atoms with Crippen LogP contribution in [0, 0.1) is 0 Å². The SMILES string of the molecule is CN(CBr)CCc1ccc2c(c1)oc(=O)n2C. The highest BCUT2D eigenvalue weighted by Gasteiger charge is 2.06. The maximum atomic E-state index is 11.3. The van der Waals surface area contributed by atoms with Crippen molar-refractivity contribution in [3.05, 3.63) is 34.3 Å². The number of nitrogens with zero attached hydrogens (tertiary/aromatic N) is 2. The van der Waals surface area contributed by atoms with Gasteiger partial charge in [-0.1, -0.05) is 22.0 Å². The summed E-state index contributed by atoms with van der Waals surface area (Å²) < 4.78 is 6.67. The quantitative estimate of drug-likeness (QED) is 0.640. The molecule has 1 aromatic carbocycles. The number of hydrogen-bond donors (Lipinski definition) is 0. The Morgan fingerprint density at radius 3 is 2.94 bits per heavy atom. The number of likely N-dealkylation sites (N-methyl/N-ethyl adjacent to an activating group) is 1. The van der Waals surface area contributed by atoms with Crippen LogP contribution in [0.25, 0.3) is 11.1 Å². The fourth-order valence-electron chi connectivity index (χ4n) is 1.71. The molecule has 0 aliphatic heterocycles. The third-order valence-electron chi connectivity index (χ3n) is 2.84. The van der Waals surface area contributed by atoms with E-state index in [-0.39, 0.29) is 5.76 Å². The molecule has 0 aliphatic rings. The fraction of sp³-hybridized carbons (Fsp3) is 0.417. The van der Waals surface area contributed by atoms with Gasteiger partial charge in [0.1, 0.15) is 0 Å². The summed E-state index contributed by atoms with van der Waals surface area (Å²) in [6.07, 6.45) is 0.941. The van der Waals surface area contributed by atoms with Gasteiger partial charge in [-0.15, -0.1) is 0 Å². The second-order valence-corrected chi connectivity index (χ2v) is 4.68. The molecule has 5 heteroatoms. The number of hydrogen-bond acceptors (Lipinski definition) is 3. The van der Waals surface area contributed by atoms with Crippen LogP contribution in [0.1, 0.15) is 5.56 Å². The molecule has 17 heavy (non-hydrogen) atoms. The molecule has 2 aromatic rings. The number of fused-ring (bicyclic) bond motifs is 1. The Hall–Kier alpha value is -1.07. The first-order chi connectivity index (χ1) is 8.11. The summed E-state index contributed by atoms with van der Waals surface area (Å²) in [5.41, 5.74) is 3.54. The topological polar surface area (TPSA) is 38.4 Å². The number of oxazole rings is 1. The number of benzene rings is 1. The molecule has 0 unspecified atom stereocenters. The molecule has 0 radical (unpaired) electrons. The Morgan fingerprint density at radius 1 is 1.47 bits per heavy atom.